The van der Waals surface area contributed by atoms with Gasteiger partial charge in [-0.1, -0.05) is 28.2 Å². The zero-order valence-corrected chi connectivity index (χ0v) is 9.23. The molecule has 0 aliphatic carbocycles. The number of nitrogens with zero attached hydrogens (tertiary/aromatic N) is 1. The van der Waals surface area contributed by atoms with Crippen LogP contribution in [0.15, 0.2) is 5.10 Å². The zero-order valence-electron chi connectivity index (χ0n) is 6.29. The number of hydrogen-bond acceptors (Lipinski definition) is 3. The first kappa shape index (κ1) is 29.4. The van der Waals surface area contributed by atoms with Gasteiger partial charge in [-0.3, -0.25) is 6.29 Å². The van der Waals surface area contributed by atoms with Gasteiger partial charge in [-0.2, -0.15) is 6.42 Å². The Hall–Kier alpha value is -0.502. The van der Waals surface area contributed by atoms with Crippen molar-refractivity contribution in [3.63, 3.8) is 0 Å². The molecule has 5 heteroatoms. The summed E-state index contributed by atoms with van der Waals surface area (Å²) in [7, 11) is 0. The maximum Gasteiger partial charge on any atom is 2.00 e. The Morgan fingerprint density at radius 1 is 1.38 bits per heavy atom. The molecule has 0 rings (SSSR count). The molecule has 13 heavy (non-hydrogen) atoms. The molecule has 0 saturated heterocycles. The summed E-state index contributed by atoms with van der Waals surface area (Å²) in [4.78, 5) is 18.3. The molecule has 78 valence electrons. The second-order valence-corrected chi connectivity index (χ2v) is 1.27. The minimum Gasteiger partial charge on any atom is -0.542 e. The fourth-order valence-corrected chi connectivity index (χ4v) is 0.134. The molecule has 0 spiro atoms. The number of hydrazone groups is 1. The van der Waals surface area contributed by atoms with E-state index in [4.69, 9.17) is 4.79 Å². The van der Waals surface area contributed by atoms with E-state index in [0.717, 1.165) is 6.42 Å². The predicted molar refractivity (Wildman–Crippen MR) is 52.4 cm³/mol. The monoisotopic (exact) mass is 358 g/mol. The van der Waals surface area contributed by atoms with Gasteiger partial charge < -0.3 is 15.0 Å². The van der Waals surface area contributed by atoms with Gasteiger partial charge in [0.2, 0.25) is 0 Å². The Morgan fingerprint density at radius 2 is 1.85 bits per heavy atom. The van der Waals surface area contributed by atoms with E-state index in [1.54, 1.807) is 6.29 Å². The Kier molecular flexibility index (Phi) is 94.8. The first-order chi connectivity index (χ1) is 4.83. The molecule has 0 heterocycles. The first-order valence-corrected chi connectivity index (χ1v) is 2.76. The first-order valence-electron chi connectivity index (χ1n) is 2.76. The summed E-state index contributed by atoms with van der Waals surface area (Å²) in [6.45, 7) is 4.88. The van der Waals surface area contributed by atoms with E-state index in [9.17, 15) is 4.79 Å². The van der Waals surface area contributed by atoms with E-state index in [1.807, 2.05) is 12.3 Å². The number of amides is 1. The molecule has 0 bridgehead atoms. The van der Waals surface area contributed by atoms with Crippen LogP contribution in [0.1, 0.15) is 34.6 Å². The van der Waals surface area contributed by atoms with Crippen LogP contribution in [0.25, 0.3) is 0 Å². The van der Waals surface area contributed by atoms with Crippen LogP contribution in [0.2, 0.25) is 0 Å². The maximum absolute atomic E-state index is 9.28. The molecular formula is C8H18N2O2W. The van der Waals surface area contributed by atoms with Gasteiger partial charge in [-0.05, 0) is 0 Å². The van der Waals surface area contributed by atoms with Gasteiger partial charge in [0.25, 0.3) is 0 Å². The molecule has 0 unspecified atom stereocenters. The van der Waals surface area contributed by atoms with Gasteiger partial charge in [0.15, 0.2) is 0 Å². The SMILES string of the molecule is C.C.C=NN[C-]=O.CCC[C-]=O.[W+2]. The molecule has 0 aliphatic heterocycles. The number of rotatable bonds is 4. The van der Waals surface area contributed by atoms with Crippen molar-refractivity contribution in [2.75, 3.05) is 0 Å². The number of nitrogens with one attached hydrogen (secondary N) is 1. The predicted octanol–water partition coefficient (Wildman–Crippen LogP) is 1.42. The van der Waals surface area contributed by atoms with Crippen LogP contribution in [0.4, 0.5) is 0 Å². The van der Waals surface area contributed by atoms with Crippen LogP contribution in [0.3, 0.4) is 0 Å². The number of carbonyl (C=O) groups excluding carboxylic acids is 2. The molecule has 4 nitrogen and oxygen atoms in total. The van der Waals surface area contributed by atoms with Crippen LogP contribution in [0.5, 0.6) is 0 Å². The summed E-state index contributed by atoms with van der Waals surface area (Å²) in [6, 6.07) is 0. The van der Waals surface area contributed by atoms with E-state index in [-0.39, 0.29) is 35.9 Å². The van der Waals surface area contributed by atoms with Crippen molar-refractivity contribution in [2.24, 2.45) is 5.10 Å². The third kappa shape index (κ3) is 84.8. The summed E-state index contributed by atoms with van der Waals surface area (Å²) in [6.07, 6.45) is 4.56. The maximum atomic E-state index is 9.28. The zero-order chi connectivity index (χ0) is 8.24. The molecule has 0 aliphatic rings. The average molecular weight is 358 g/mol. The third-order valence-corrected chi connectivity index (χ3v) is 0.477. The van der Waals surface area contributed by atoms with Gasteiger partial charge in [-0.25, -0.2) is 5.10 Å². The molecule has 0 aromatic carbocycles. The Morgan fingerprint density at radius 3 is 1.85 bits per heavy atom. The summed E-state index contributed by atoms with van der Waals surface area (Å²) < 4.78 is 0. The van der Waals surface area contributed by atoms with Crippen molar-refractivity contribution in [3.05, 3.63) is 0 Å². The minimum absolute atomic E-state index is 0. The fourth-order valence-electron chi connectivity index (χ4n) is 0.134. The molecule has 1 amide bonds. The average Bonchev–Trinajstić information content (AvgIpc) is 1.93. The standard InChI is InChI=1S/C4H7O.C2H3N2O.2CH4.W/c1-2-3-4-5;1-3-4-2-5;;;/h2-3H2,1H3;1H2,(H,4,5);2*1H4;/q2*-1;;;+2. The Balaban J connectivity index is -0.0000000267. The van der Waals surface area contributed by atoms with Crippen LogP contribution in [-0.2, 0) is 30.7 Å². The Bertz CT molecular complexity index is 94.1. The molecule has 0 fully saturated rings. The van der Waals surface area contributed by atoms with Gasteiger partial charge >= 0.3 is 21.1 Å². The number of unbranched alkanes of at least 4 members (excludes halogenated alkanes) is 1. The summed E-state index contributed by atoms with van der Waals surface area (Å²) in [5.41, 5.74) is 1.82. The van der Waals surface area contributed by atoms with Gasteiger partial charge in [0, 0.05) is 6.72 Å². The molecule has 1 N–H and O–H groups in total. The van der Waals surface area contributed by atoms with Gasteiger partial charge in [-0.15, -0.1) is 6.41 Å². The van der Waals surface area contributed by atoms with Crippen LogP contribution < -0.4 is 5.43 Å². The second-order valence-electron chi connectivity index (χ2n) is 1.27. The molecule has 0 atom stereocenters. The van der Waals surface area contributed by atoms with Crippen molar-refractivity contribution in [1.29, 1.82) is 0 Å². The normalized spacial score (nSPS) is 5.00. The Labute approximate surface area is 95.4 Å². The van der Waals surface area contributed by atoms with E-state index in [2.05, 4.69) is 11.8 Å². The second kappa shape index (κ2) is 41.9. The number of hydrogen-bond donors (Lipinski definition) is 1. The van der Waals surface area contributed by atoms with Crippen molar-refractivity contribution in [1.82, 2.24) is 5.43 Å². The van der Waals surface area contributed by atoms with Gasteiger partial charge in [0.05, 0.1) is 0 Å². The molecule has 0 aromatic rings. The van der Waals surface area contributed by atoms with Gasteiger partial charge in [0.1, 0.15) is 0 Å². The fraction of sp³-hybridized carbons (Fsp3) is 0.625. The van der Waals surface area contributed by atoms with Crippen molar-refractivity contribution in [3.8, 4) is 0 Å². The van der Waals surface area contributed by atoms with Crippen molar-refractivity contribution >= 4 is 19.4 Å². The summed E-state index contributed by atoms with van der Waals surface area (Å²) >= 11 is 0. The van der Waals surface area contributed by atoms with E-state index < -0.39 is 0 Å². The van der Waals surface area contributed by atoms with Crippen LogP contribution in [-0.4, -0.2) is 19.4 Å². The molecule has 0 aromatic heterocycles. The van der Waals surface area contributed by atoms with E-state index >= 15 is 0 Å². The van der Waals surface area contributed by atoms with Crippen LogP contribution in [0, 0.1) is 0 Å². The smallest absolute Gasteiger partial charge is 0.542 e. The summed E-state index contributed by atoms with van der Waals surface area (Å²) in [5, 5.41) is 2.93. The molecule has 0 saturated carbocycles. The summed E-state index contributed by atoms with van der Waals surface area (Å²) in [5.74, 6) is 0. The largest absolute Gasteiger partial charge is 2.00 e. The van der Waals surface area contributed by atoms with E-state index in [1.165, 1.54) is 6.41 Å². The molecular weight excluding hydrogens is 340 g/mol. The topological polar surface area (TPSA) is 58.5 Å². The third-order valence-electron chi connectivity index (χ3n) is 0.477. The van der Waals surface area contributed by atoms with Crippen molar-refractivity contribution < 1.29 is 30.7 Å². The quantitative estimate of drug-likeness (QED) is 0.358. The minimum atomic E-state index is 0. The molecule has 0 radical (unpaired) electrons. The van der Waals surface area contributed by atoms with Crippen molar-refractivity contribution in [2.45, 2.75) is 34.6 Å². The van der Waals surface area contributed by atoms with Crippen LogP contribution >= 0.6 is 0 Å². The van der Waals surface area contributed by atoms with E-state index in [0.29, 0.717) is 6.42 Å².